The van der Waals surface area contributed by atoms with E-state index in [1.54, 1.807) is 6.92 Å². The van der Waals surface area contributed by atoms with Gasteiger partial charge < -0.3 is 32.1 Å². The van der Waals surface area contributed by atoms with E-state index in [2.05, 4.69) is 35.1 Å². The SMILES string of the molecule is CCC(=O)[C@H](CN)NC(=O)[C@@H](NC(=O)C1CNCC(CC(C)C)N1)[C@H](C)O. The molecule has 27 heavy (non-hydrogen) atoms. The molecule has 1 saturated heterocycles. The van der Waals surface area contributed by atoms with Crippen molar-refractivity contribution in [1.29, 1.82) is 0 Å². The molecule has 0 aliphatic carbocycles. The van der Waals surface area contributed by atoms with E-state index in [-0.39, 0.29) is 30.7 Å². The summed E-state index contributed by atoms with van der Waals surface area (Å²) >= 11 is 0. The van der Waals surface area contributed by atoms with Crippen molar-refractivity contribution in [3.05, 3.63) is 0 Å². The number of carbonyl (C=O) groups is 3. The van der Waals surface area contributed by atoms with Crippen molar-refractivity contribution < 1.29 is 19.5 Å². The summed E-state index contributed by atoms with van der Waals surface area (Å²) in [4.78, 5) is 36.9. The smallest absolute Gasteiger partial charge is 0.245 e. The van der Waals surface area contributed by atoms with E-state index in [4.69, 9.17) is 5.73 Å². The molecule has 1 rings (SSSR count). The van der Waals surface area contributed by atoms with Gasteiger partial charge >= 0.3 is 0 Å². The third-order valence-corrected chi connectivity index (χ3v) is 4.60. The first-order chi connectivity index (χ1) is 12.7. The highest BCUT2D eigenvalue weighted by molar-refractivity contribution is 5.94. The number of nitrogens with two attached hydrogens (primary N) is 1. The largest absolute Gasteiger partial charge is 0.391 e. The van der Waals surface area contributed by atoms with Gasteiger partial charge in [-0.1, -0.05) is 20.8 Å². The van der Waals surface area contributed by atoms with Crippen LogP contribution < -0.4 is 27.0 Å². The lowest BCUT2D eigenvalue weighted by Gasteiger charge is -2.33. The molecule has 9 heteroatoms. The first-order valence-electron chi connectivity index (χ1n) is 9.67. The number of nitrogens with one attached hydrogen (secondary N) is 4. The van der Waals surface area contributed by atoms with Crippen LogP contribution in [0.4, 0.5) is 0 Å². The van der Waals surface area contributed by atoms with E-state index < -0.39 is 30.1 Å². The van der Waals surface area contributed by atoms with Crippen molar-refractivity contribution in [3.8, 4) is 0 Å². The van der Waals surface area contributed by atoms with E-state index in [0.29, 0.717) is 12.5 Å². The van der Waals surface area contributed by atoms with E-state index in [1.807, 2.05) is 0 Å². The van der Waals surface area contributed by atoms with Gasteiger partial charge in [0, 0.05) is 32.1 Å². The van der Waals surface area contributed by atoms with Gasteiger partial charge in [-0.15, -0.1) is 0 Å². The molecule has 0 aromatic rings. The molecule has 0 radical (unpaired) electrons. The molecule has 2 unspecified atom stereocenters. The molecule has 1 heterocycles. The van der Waals surface area contributed by atoms with Crippen molar-refractivity contribution in [1.82, 2.24) is 21.3 Å². The van der Waals surface area contributed by atoms with Crippen LogP contribution in [0.1, 0.15) is 40.5 Å². The van der Waals surface area contributed by atoms with Crippen molar-refractivity contribution >= 4 is 17.6 Å². The predicted octanol–water partition coefficient (Wildman–Crippen LogP) is -1.75. The zero-order valence-electron chi connectivity index (χ0n) is 16.7. The summed E-state index contributed by atoms with van der Waals surface area (Å²) in [6.07, 6.45) is 0.0454. The van der Waals surface area contributed by atoms with Crippen LogP contribution in [0.15, 0.2) is 0 Å². The van der Waals surface area contributed by atoms with Crippen LogP contribution in [-0.4, -0.2) is 72.6 Å². The topological polar surface area (TPSA) is 146 Å². The number of rotatable bonds is 10. The Hall–Kier alpha value is -1.55. The van der Waals surface area contributed by atoms with Crippen LogP contribution in [0.25, 0.3) is 0 Å². The molecule has 156 valence electrons. The number of amides is 2. The average Bonchev–Trinajstić information content (AvgIpc) is 2.62. The van der Waals surface area contributed by atoms with Gasteiger partial charge in [0.05, 0.1) is 18.2 Å². The van der Waals surface area contributed by atoms with Gasteiger partial charge in [-0.3, -0.25) is 14.4 Å². The summed E-state index contributed by atoms with van der Waals surface area (Å²) in [6.45, 7) is 8.51. The number of aliphatic hydroxyl groups excluding tert-OH is 1. The maximum absolute atomic E-state index is 12.6. The van der Waals surface area contributed by atoms with Crippen LogP contribution >= 0.6 is 0 Å². The number of Topliss-reactive ketones (excluding diaryl/α,β-unsaturated/α-hetero) is 1. The number of aliphatic hydroxyl groups is 1. The Morgan fingerprint density at radius 3 is 2.37 bits per heavy atom. The van der Waals surface area contributed by atoms with E-state index in [0.717, 1.165) is 13.0 Å². The van der Waals surface area contributed by atoms with Crippen molar-refractivity contribution in [2.24, 2.45) is 11.7 Å². The lowest BCUT2D eigenvalue weighted by molar-refractivity contribution is -0.134. The molecule has 0 saturated carbocycles. The maximum Gasteiger partial charge on any atom is 0.245 e. The highest BCUT2D eigenvalue weighted by Crippen LogP contribution is 2.08. The zero-order valence-corrected chi connectivity index (χ0v) is 16.7. The van der Waals surface area contributed by atoms with Crippen LogP contribution in [0.5, 0.6) is 0 Å². The Labute approximate surface area is 161 Å². The second-order valence-corrected chi connectivity index (χ2v) is 7.55. The number of carbonyl (C=O) groups excluding carboxylic acids is 3. The van der Waals surface area contributed by atoms with E-state index in [1.165, 1.54) is 6.92 Å². The molecule has 0 spiro atoms. The molecule has 1 aliphatic heterocycles. The Balaban J connectivity index is 2.71. The molecular formula is C18H35N5O4. The first-order valence-corrected chi connectivity index (χ1v) is 9.67. The monoisotopic (exact) mass is 385 g/mol. The van der Waals surface area contributed by atoms with Gasteiger partial charge in [0.1, 0.15) is 6.04 Å². The van der Waals surface area contributed by atoms with Crippen LogP contribution in [0.3, 0.4) is 0 Å². The molecule has 5 atom stereocenters. The van der Waals surface area contributed by atoms with Crippen LogP contribution in [-0.2, 0) is 14.4 Å². The maximum atomic E-state index is 12.6. The zero-order chi connectivity index (χ0) is 20.6. The van der Waals surface area contributed by atoms with Gasteiger partial charge in [0.2, 0.25) is 11.8 Å². The molecule has 2 amide bonds. The standard InChI is InChI=1S/C18H35N5O4/c1-5-15(25)13(7-19)22-18(27)16(11(4)24)23-17(26)14-9-20-8-12(21-14)6-10(2)3/h10-14,16,20-21,24H,5-9,19H2,1-4H3,(H,22,27)(H,23,26)/t11-,12?,13-,14?,16-/m0/s1. The summed E-state index contributed by atoms with van der Waals surface area (Å²) in [5.74, 6) is -0.705. The lowest BCUT2D eigenvalue weighted by atomic mass is 10.0. The normalized spacial score (nSPS) is 23.4. The predicted molar refractivity (Wildman–Crippen MR) is 103 cm³/mol. The minimum absolute atomic E-state index is 0.0378. The first kappa shape index (κ1) is 23.5. The van der Waals surface area contributed by atoms with Gasteiger partial charge in [-0.05, 0) is 19.3 Å². The van der Waals surface area contributed by atoms with Gasteiger partial charge in [0.25, 0.3) is 0 Å². The highest BCUT2D eigenvalue weighted by atomic mass is 16.3. The second kappa shape index (κ2) is 11.3. The third-order valence-electron chi connectivity index (χ3n) is 4.60. The summed E-state index contributed by atoms with van der Waals surface area (Å²) in [7, 11) is 0. The van der Waals surface area contributed by atoms with Gasteiger partial charge in [-0.25, -0.2) is 0 Å². The summed E-state index contributed by atoms with van der Waals surface area (Å²) in [5.41, 5.74) is 5.54. The highest BCUT2D eigenvalue weighted by Gasteiger charge is 2.33. The quantitative estimate of drug-likeness (QED) is 0.261. The number of hydrogen-bond donors (Lipinski definition) is 6. The van der Waals surface area contributed by atoms with Gasteiger partial charge in [0.15, 0.2) is 5.78 Å². The summed E-state index contributed by atoms with van der Waals surface area (Å²) in [6, 6.07) is -2.33. The fraction of sp³-hybridized carbons (Fsp3) is 0.833. The number of ketones is 1. The molecule has 1 fully saturated rings. The Morgan fingerprint density at radius 1 is 1.19 bits per heavy atom. The van der Waals surface area contributed by atoms with Crippen molar-refractivity contribution in [2.75, 3.05) is 19.6 Å². The van der Waals surface area contributed by atoms with Gasteiger partial charge in [-0.2, -0.15) is 0 Å². The fourth-order valence-electron chi connectivity index (χ4n) is 3.13. The summed E-state index contributed by atoms with van der Waals surface area (Å²) in [5, 5.41) is 21.6. The lowest BCUT2D eigenvalue weighted by Crippen LogP contribution is -2.64. The van der Waals surface area contributed by atoms with E-state index >= 15 is 0 Å². The number of hydrogen-bond acceptors (Lipinski definition) is 7. The average molecular weight is 386 g/mol. The Kier molecular flexibility index (Phi) is 9.86. The second-order valence-electron chi connectivity index (χ2n) is 7.55. The third kappa shape index (κ3) is 7.53. The molecular weight excluding hydrogens is 350 g/mol. The Morgan fingerprint density at radius 2 is 1.85 bits per heavy atom. The van der Waals surface area contributed by atoms with Crippen LogP contribution in [0.2, 0.25) is 0 Å². The molecule has 0 aromatic carbocycles. The molecule has 0 aromatic heterocycles. The van der Waals surface area contributed by atoms with Crippen LogP contribution in [0, 0.1) is 5.92 Å². The minimum Gasteiger partial charge on any atom is -0.391 e. The molecule has 0 bridgehead atoms. The van der Waals surface area contributed by atoms with Crippen molar-refractivity contribution in [3.63, 3.8) is 0 Å². The summed E-state index contributed by atoms with van der Waals surface area (Å²) < 4.78 is 0. The van der Waals surface area contributed by atoms with E-state index in [9.17, 15) is 19.5 Å². The molecule has 1 aliphatic rings. The molecule has 9 nitrogen and oxygen atoms in total. The fourth-order valence-corrected chi connectivity index (χ4v) is 3.13. The minimum atomic E-state index is -1.16. The Bertz CT molecular complexity index is 512. The molecule has 7 N–H and O–H groups in total. The number of piperazine rings is 1. The van der Waals surface area contributed by atoms with Crippen molar-refractivity contribution in [2.45, 2.75) is 70.8 Å².